The van der Waals surface area contributed by atoms with Crippen LogP contribution in [0.15, 0.2) is 60.7 Å². The van der Waals surface area contributed by atoms with Crippen LogP contribution < -0.4 is 5.46 Å². The van der Waals surface area contributed by atoms with Crippen molar-refractivity contribution in [3.05, 3.63) is 71.8 Å². The van der Waals surface area contributed by atoms with Gasteiger partial charge in [0.1, 0.15) is 0 Å². The van der Waals surface area contributed by atoms with E-state index >= 15 is 0 Å². The van der Waals surface area contributed by atoms with Gasteiger partial charge >= 0.3 is 7.12 Å². The van der Waals surface area contributed by atoms with E-state index in [1.165, 1.54) is 11.1 Å². The molecule has 1 saturated heterocycles. The summed E-state index contributed by atoms with van der Waals surface area (Å²) in [6.45, 7) is 10.5. The van der Waals surface area contributed by atoms with Crippen molar-refractivity contribution in [2.24, 2.45) is 0 Å². The first-order valence-corrected chi connectivity index (χ1v) is 8.97. The third-order valence-corrected chi connectivity index (χ3v) is 5.36. The van der Waals surface area contributed by atoms with Crippen LogP contribution >= 0.6 is 0 Å². The van der Waals surface area contributed by atoms with Crippen LogP contribution in [-0.4, -0.2) is 18.3 Å². The molecular formula is C22H27BO2. The molecule has 2 nitrogen and oxygen atoms in total. The maximum atomic E-state index is 6.11. The molecule has 1 atom stereocenters. The molecule has 1 fully saturated rings. The predicted octanol–water partition coefficient (Wildman–Crippen LogP) is 4.80. The summed E-state index contributed by atoms with van der Waals surface area (Å²) < 4.78 is 12.2. The molecular weight excluding hydrogens is 307 g/mol. The minimum absolute atomic E-state index is 0.300. The van der Waals surface area contributed by atoms with Gasteiger partial charge in [0.05, 0.1) is 11.2 Å². The van der Waals surface area contributed by atoms with E-state index in [4.69, 9.17) is 9.31 Å². The van der Waals surface area contributed by atoms with Crippen molar-refractivity contribution in [1.29, 1.82) is 0 Å². The Morgan fingerprint density at radius 1 is 0.840 bits per heavy atom. The molecule has 1 aliphatic heterocycles. The Labute approximate surface area is 152 Å². The van der Waals surface area contributed by atoms with Crippen molar-refractivity contribution >= 4 is 18.7 Å². The van der Waals surface area contributed by atoms with Crippen LogP contribution in [-0.2, 0) is 9.31 Å². The van der Waals surface area contributed by atoms with Gasteiger partial charge in [-0.15, -0.1) is 0 Å². The molecule has 1 heterocycles. The number of hydrogen-bond donors (Lipinski definition) is 0. The van der Waals surface area contributed by atoms with Crippen molar-refractivity contribution in [1.82, 2.24) is 0 Å². The second-order valence-electron chi connectivity index (χ2n) is 7.81. The Balaban J connectivity index is 1.68. The van der Waals surface area contributed by atoms with Gasteiger partial charge in [0, 0.05) is 0 Å². The third kappa shape index (κ3) is 3.89. The maximum absolute atomic E-state index is 6.11. The summed E-state index contributed by atoms with van der Waals surface area (Å²) >= 11 is 0. The Morgan fingerprint density at radius 2 is 1.40 bits per heavy atom. The van der Waals surface area contributed by atoms with Gasteiger partial charge in [-0.25, -0.2) is 0 Å². The molecule has 2 aromatic rings. The fraction of sp³-hybridized carbons (Fsp3) is 0.364. The molecule has 1 aliphatic rings. The zero-order chi connectivity index (χ0) is 18.1. The lowest BCUT2D eigenvalue weighted by Gasteiger charge is -2.32. The number of benzene rings is 2. The molecule has 0 spiro atoms. The fourth-order valence-electron chi connectivity index (χ4n) is 2.87. The first-order chi connectivity index (χ1) is 11.8. The summed E-state index contributed by atoms with van der Waals surface area (Å²) in [4.78, 5) is 0. The zero-order valence-electron chi connectivity index (χ0n) is 15.8. The average Bonchev–Trinajstić information content (AvgIpc) is 2.82. The van der Waals surface area contributed by atoms with Gasteiger partial charge in [-0.05, 0) is 50.2 Å². The lowest BCUT2D eigenvalue weighted by atomic mass is 9.79. The molecule has 0 unspecified atom stereocenters. The van der Waals surface area contributed by atoms with Gasteiger partial charge < -0.3 is 9.31 Å². The van der Waals surface area contributed by atoms with Gasteiger partial charge in [0.25, 0.3) is 0 Å². The summed E-state index contributed by atoms with van der Waals surface area (Å²) in [5.74, 6) is 0.393. The summed E-state index contributed by atoms with van der Waals surface area (Å²) in [7, 11) is -0.300. The average molecular weight is 334 g/mol. The molecule has 3 rings (SSSR count). The molecule has 0 aliphatic carbocycles. The van der Waals surface area contributed by atoms with Crippen molar-refractivity contribution < 1.29 is 9.31 Å². The molecule has 2 aromatic carbocycles. The van der Waals surface area contributed by atoms with E-state index in [0.717, 1.165) is 5.46 Å². The molecule has 0 radical (unpaired) electrons. The second kappa shape index (κ2) is 6.82. The fourth-order valence-corrected chi connectivity index (χ4v) is 2.87. The monoisotopic (exact) mass is 334 g/mol. The summed E-state index contributed by atoms with van der Waals surface area (Å²) in [6, 6.07) is 19.0. The molecule has 0 bridgehead atoms. The van der Waals surface area contributed by atoms with Gasteiger partial charge in [0.2, 0.25) is 0 Å². The normalized spacial score (nSPS) is 20.1. The molecule has 0 N–H and O–H groups in total. The Hall–Kier alpha value is -1.84. The standard InChI is InChI=1S/C22H27BO2/c1-17(19-9-7-6-8-10-19)11-12-18-13-15-20(16-14-18)23-24-21(2,3)22(4,5)25-23/h6-17H,1-5H3/b12-11+/t17-/m1/s1. The van der Waals surface area contributed by atoms with Gasteiger partial charge in [-0.3, -0.25) is 0 Å². The Kier molecular flexibility index (Phi) is 4.90. The Morgan fingerprint density at radius 3 is 1.96 bits per heavy atom. The van der Waals surface area contributed by atoms with Crippen LogP contribution in [0.2, 0.25) is 0 Å². The first kappa shape index (κ1) is 18.0. The molecule has 130 valence electrons. The third-order valence-electron chi connectivity index (χ3n) is 5.36. The quantitative estimate of drug-likeness (QED) is 0.748. The van der Waals surface area contributed by atoms with Crippen LogP contribution in [0.3, 0.4) is 0 Å². The molecule has 0 saturated carbocycles. The van der Waals surface area contributed by atoms with E-state index in [1.807, 2.05) is 6.07 Å². The minimum Gasteiger partial charge on any atom is -0.399 e. The second-order valence-corrected chi connectivity index (χ2v) is 7.81. The van der Waals surface area contributed by atoms with Crippen LogP contribution in [0, 0.1) is 0 Å². The van der Waals surface area contributed by atoms with E-state index < -0.39 is 0 Å². The van der Waals surface area contributed by atoms with Crippen molar-refractivity contribution in [3.63, 3.8) is 0 Å². The SMILES string of the molecule is C[C@H](/C=C/c1ccc(B2OC(C)(C)C(C)(C)O2)cc1)c1ccccc1. The molecule has 0 aromatic heterocycles. The van der Waals surface area contributed by atoms with E-state index in [1.54, 1.807) is 0 Å². The zero-order valence-corrected chi connectivity index (χ0v) is 15.8. The summed E-state index contributed by atoms with van der Waals surface area (Å²) in [5, 5.41) is 0. The van der Waals surface area contributed by atoms with Crippen LogP contribution in [0.1, 0.15) is 51.7 Å². The maximum Gasteiger partial charge on any atom is 0.494 e. The minimum atomic E-state index is -0.304. The lowest BCUT2D eigenvalue weighted by Crippen LogP contribution is -2.41. The smallest absolute Gasteiger partial charge is 0.399 e. The molecule has 25 heavy (non-hydrogen) atoms. The van der Waals surface area contributed by atoms with E-state index in [-0.39, 0.29) is 18.3 Å². The van der Waals surface area contributed by atoms with Crippen LogP contribution in [0.25, 0.3) is 6.08 Å². The number of allylic oxidation sites excluding steroid dienone is 1. The lowest BCUT2D eigenvalue weighted by molar-refractivity contribution is 0.00578. The van der Waals surface area contributed by atoms with Crippen LogP contribution in [0.4, 0.5) is 0 Å². The van der Waals surface area contributed by atoms with Crippen LogP contribution in [0.5, 0.6) is 0 Å². The summed E-state index contributed by atoms with van der Waals surface area (Å²) in [6.07, 6.45) is 4.41. The highest BCUT2D eigenvalue weighted by Crippen LogP contribution is 2.36. The Bertz CT molecular complexity index is 716. The molecule has 0 amide bonds. The van der Waals surface area contributed by atoms with Gasteiger partial charge in [0.15, 0.2) is 0 Å². The van der Waals surface area contributed by atoms with Crippen molar-refractivity contribution in [2.45, 2.75) is 51.7 Å². The van der Waals surface area contributed by atoms with E-state index in [9.17, 15) is 0 Å². The number of rotatable bonds is 4. The van der Waals surface area contributed by atoms with E-state index in [0.29, 0.717) is 5.92 Å². The topological polar surface area (TPSA) is 18.5 Å². The molecule has 3 heteroatoms. The van der Waals surface area contributed by atoms with Gasteiger partial charge in [-0.1, -0.05) is 73.7 Å². The number of hydrogen-bond acceptors (Lipinski definition) is 2. The van der Waals surface area contributed by atoms with Crippen molar-refractivity contribution in [2.75, 3.05) is 0 Å². The summed E-state index contributed by atoms with van der Waals surface area (Å²) in [5.41, 5.74) is 2.96. The van der Waals surface area contributed by atoms with E-state index in [2.05, 4.69) is 95.3 Å². The predicted molar refractivity (Wildman–Crippen MR) is 106 cm³/mol. The highest BCUT2D eigenvalue weighted by atomic mass is 16.7. The highest BCUT2D eigenvalue weighted by Gasteiger charge is 2.51. The van der Waals surface area contributed by atoms with Crippen molar-refractivity contribution in [3.8, 4) is 0 Å². The largest absolute Gasteiger partial charge is 0.494 e. The highest BCUT2D eigenvalue weighted by molar-refractivity contribution is 6.62. The first-order valence-electron chi connectivity index (χ1n) is 8.97. The van der Waals surface area contributed by atoms with Gasteiger partial charge in [-0.2, -0.15) is 0 Å².